The Kier molecular flexibility index (Phi) is 3.99. The molecule has 1 amide bonds. The lowest BCUT2D eigenvalue weighted by molar-refractivity contribution is -0.384. The summed E-state index contributed by atoms with van der Waals surface area (Å²) in [5, 5.41) is 18.3. The third-order valence-corrected chi connectivity index (χ3v) is 3.73. The summed E-state index contributed by atoms with van der Waals surface area (Å²) in [5.41, 5.74) is 3.29. The van der Waals surface area contributed by atoms with Crippen molar-refractivity contribution in [2.24, 2.45) is 0 Å². The number of hydrogen-bond donors (Lipinski definition) is 1. The summed E-state index contributed by atoms with van der Waals surface area (Å²) in [6.45, 7) is 3.72. The zero-order valence-electron chi connectivity index (χ0n) is 13.2. The molecule has 24 heavy (non-hydrogen) atoms. The van der Waals surface area contributed by atoms with E-state index in [0.717, 1.165) is 16.5 Å². The SMILES string of the molecule is Cc1ccc2onc(CC(=O)Nc3cc([N+](=O)[O-])ccc3C)c2c1. The molecule has 7 nitrogen and oxygen atoms in total. The molecule has 0 aliphatic carbocycles. The molecule has 3 rings (SSSR count). The fourth-order valence-electron chi connectivity index (χ4n) is 2.43. The van der Waals surface area contributed by atoms with Crippen molar-refractivity contribution in [1.29, 1.82) is 0 Å². The quantitative estimate of drug-likeness (QED) is 0.584. The van der Waals surface area contributed by atoms with Crippen LogP contribution in [0.25, 0.3) is 11.0 Å². The monoisotopic (exact) mass is 325 g/mol. The third kappa shape index (κ3) is 3.10. The van der Waals surface area contributed by atoms with E-state index in [0.29, 0.717) is 17.0 Å². The number of nitrogens with zero attached hydrogens (tertiary/aromatic N) is 2. The highest BCUT2D eigenvalue weighted by atomic mass is 16.6. The van der Waals surface area contributed by atoms with Gasteiger partial charge in [0, 0.05) is 17.5 Å². The highest BCUT2D eigenvalue weighted by Gasteiger charge is 2.15. The number of carbonyl (C=O) groups excluding carboxylic acids is 1. The number of carbonyl (C=O) groups is 1. The molecule has 0 atom stereocenters. The molecule has 0 saturated heterocycles. The zero-order valence-corrected chi connectivity index (χ0v) is 13.2. The van der Waals surface area contributed by atoms with Crippen molar-refractivity contribution in [3.05, 3.63) is 63.3 Å². The normalized spacial score (nSPS) is 10.8. The minimum atomic E-state index is -0.497. The molecule has 3 aromatic rings. The van der Waals surface area contributed by atoms with Gasteiger partial charge in [-0.2, -0.15) is 0 Å². The summed E-state index contributed by atoms with van der Waals surface area (Å²) < 4.78 is 5.21. The maximum atomic E-state index is 12.3. The molecule has 0 spiro atoms. The predicted molar refractivity (Wildman–Crippen MR) is 88.9 cm³/mol. The van der Waals surface area contributed by atoms with E-state index in [1.165, 1.54) is 12.1 Å². The Labute approximate surface area is 137 Å². The van der Waals surface area contributed by atoms with Crippen LogP contribution in [0.2, 0.25) is 0 Å². The maximum absolute atomic E-state index is 12.3. The molecule has 0 fully saturated rings. The highest BCUT2D eigenvalue weighted by molar-refractivity contribution is 5.95. The molecule has 122 valence electrons. The summed E-state index contributed by atoms with van der Waals surface area (Å²) in [5.74, 6) is -0.310. The fraction of sp³-hybridized carbons (Fsp3) is 0.176. The second-order valence-corrected chi connectivity index (χ2v) is 5.61. The molecule has 0 unspecified atom stereocenters. The van der Waals surface area contributed by atoms with Crippen molar-refractivity contribution in [3.8, 4) is 0 Å². The van der Waals surface area contributed by atoms with Crippen molar-refractivity contribution in [1.82, 2.24) is 5.16 Å². The lowest BCUT2D eigenvalue weighted by Gasteiger charge is -2.07. The molecule has 2 aromatic carbocycles. The van der Waals surface area contributed by atoms with Crippen molar-refractivity contribution in [2.75, 3.05) is 5.32 Å². The van der Waals surface area contributed by atoms with Gasteiger partial charge in [-0.25, -0.2) is 0 Å². The van der Waals surface area contributed by atoms with Crippen molar-refractivity contribution in [2.45, 2.75) is 20.3 Å². The van der Waals surface area contributed by atoms with Crippen LogP contribution in [0.15, 0.2) is 40.9 Å². The number of benzene rings is 2. The minimum Gasteiger partial charge on any atom is -0.356 e. The molecule has 1 aromatic heterocycles. The Hall–Kier alpha value is -3.22. The van der Waals surface area contributed by atoms with Crippen LogP contribution < -0.4 is 5.32 Å². The van der Waals surface area contributed by atoms with E-state index in [-0.39, 0.29) is 18.0 Å². The first-order valence-corrected chi connectivity index (χ1v) is 7.34. The van der Waals surface area contributed by atoms with Gasteiger partial charge >= 0.3 is 0 Å². The van der Waals surface area contributed by atoms with Crippen LogP contribution in [-0.4, -0.2) is 16.0 Å². The molecule has 1 N–H and O–H groups in total. The average molecular weight is 325 g/mol. The van der Waals surface area contributed by atoms with Gasteiger partial charge in [-0.05, 0) is 31.5 Å². The lowest BCUT2D eigenvalue weighted by atomic mass is 10.1. The lowest BCUT2D eigenvalue weighted by Crippen LogP contribution is -2.15. The van der Waals surface area contributed by atoms with Gasteiger partial charge in [-0.1, -0.05) is 22.9 Å². The van der Waals surface area contributed by atoms with E-state index in [4.69, 9.17) is 4.52 Å². The number of amides is 1. The number of nitro groups is 1. The van der Waals surface area contributed by atoms with E-state index in [1.807, 2.05) is 25.1 Å². The standard InChI is InChI=1S/C17H15N3O4/c1-10-3-6-16-13(7-10)15(19-24-16)9-17(21)18-14-8-12(20(22)23)5-4-11(14)2/h3-8H,9H2,1-2H3,(H,18,21). The van der Waals surface area contributed by atoms with E-state index >= 15 is 0 Å². The fourth-order valence-corrected chi connectivity index (χ4v) is 2.43. The molecule has 7 heteroatoms. The Morgan fingerprint density at radius 2 is 2.04 bits per heavy atom. The Bertz CT molecular complexity index is 946. The maximum Gasteiger partial charge on any atom is 0.271 e. The first-order chi connectivity index (χ1) is 11.4. The Balaban J connectivity index is 1.81. The number of rotatable bonds is 4. The molecule has 0 aliphatic heterocycles. The van der Waals surface area contributed by atoms with Crippen LogP contribution in [0.4, 0.5) is 11.4 Å². The molecule has 0 saturated carbocycles. The number of fused-ring (bicyclic) bond motifs is 1. The third-order valence-electron chi connectivity index (χ3n) is 3.73. The molecular formula is C17H15N3O4. The first-order valence-electron chi connectivity index (χ1n) is 7.34. The summed E-state index contributed by atoms with van der Waals surface area (Å²) in [4.78, 5) is 22.6. The number of aryl methyl sites for hydroxylation is 2. The van der Waals surface area contributed by atoms with Gasteiger partial charge < -0.3 is 9.84 Å². The molecule has 0 radical (unpaired) electrons. The number of anilines is 1. The molecule has 1 heterocycles. The van der Waals surface area contributed by atoms with Gasteiger partial charge in [0.25, 0.3) is 5.69 Å². The smallest absolute Gasteiger partial charge is 0.271 e. The summed E-state index contributed by atoms with van der Waals surface area (Å²) in [6, 6.07) is 9.97. The van der Waals surface area contributed by atoms with Crippen LogP contribution >= 0.6 is 0 Å². The van der Waals surface area contributed by atoms with Gasteiger partial charge in [0.1, 0.15) is 5.69 Å². The summed E-state index contributed by atoms with van der Waals surface area (Å²) in [6.07, 6.45) is 0.0264. The van der Waals surface area contributed by atoms with E-state index < -0.39 is 4.92 Å². The van der Waals surface area contributed by atoms with Crippen LogP contribution in [-0.2, 0) is 11.2 Å². The number of nitro benzene ring substituents is 1. The second kappa shape index (κ2) is 6.11. The predicted octanol–water partition coefficient (Wildman–Crippen LogP) is 3.53. The van der Waals surface area contributed by atoms with Crippen LogP contribution in [0.3, 0.4) is 0 Å². The Morgan fingerprint density at radius 3 is 2.79 bits per heavy atom. The van der Waals surface area contributed by atoms with Crippen molar-refractivity contribution >= 4 is 28.3 Å². The Morgan fingerprint density at radius 1 is 1.25 bits per heavy atom. The van der Waals surface area contributed by atoms with Gasteiger partial charge in [0.15, 0.2) is 5.58 Å². The van der Waals surface area contributed by atoms with Gasteiger partial charge in [-0.15, -0.1) is 0 Å². The van der Waals surface area contributed by atoms with E-state index in [2.05, 4.69) is 10.5 Å². The summed E-state index contributed by atoms with van der Waals surface area (Å²) >= 11 is 0. The molecule has 0 bridgehead atoms. The minimum absolute atomic E-state index is 0.0264. The van der Waals surface area contributed by atoms with Crippen LogP contribution in [0, 0.1) is 24.0 Å². The first kappa shape index (κ1) is 15.7. The second-order valence-electron chi connectivity index (χ2n) is 5.61. The highest BCUT2D eigenvalue weighted by Crippen LogP contribution is 2.23. The topological polar surface area (TPSA) is 98.3 Å². The number of hydrogen-bond acceptors (Lipinski definition) is 5. The molecule has 0 aliphatic rings. The average Bonchev–Trinajstić information content (AvgIpc) is 2.91. The zero-order chi connectivity index (χ0) is 17.3. The summed E-state index contributed by atoms with van der Waals surface area (Å²) in [7, 11) is 0. The number of nitrogens with one attached hydrogen (secondary N) is 1. The van der Waals surface area contributed by atoms with Crippen molar-refractivity contribution < 1.29 is 14.2 Å². The number of aromatic nitrogens is 1. The van der Waals surface area contributed by atoms with Gasteiger partial charge in [-0.3, -0.25) is 14.9 Å². The number of non-ortho nitro benzene ring substituents is 1. The van der Waals surface area contributed by atoms with Gasteiger partial charge in [0.05, 0.1) is 17.0 Å². The molecular weight excluding hydrogens is 310 g/mol. The van der Waals surface area contributed by atoms with E-state index in [9.17, 15) is 14.9 Å². The largest absolute Gasteiger partial charge is 0.356 e. The van der Waals surface area contributed by atoms with Crippen LogP contribution in [0.5, 0.6) is 0 Å². The van der Waals surface area contributed by atoms with Gasteiger partial charge in [0.2, 0.25) is 5.91 Å². The van der Waals surface area contributed by atoms with Crippen molar-refractivity contribution in [3.63, 3.8) is 0 Å². The van der Waals surface area contributed by atoms with E-state index in [1.54, 1.807) is 13.0 Å². The van der Waals surface area contributed by atoms with Crippen LogP contribution in [0.1, 0.15) is 16.8 Å².